The number of esters is 1. The Labute approximate surface area is 183 Å². The smallest absolute Gasteiger partial charge is 0.314 e. The summed E-state index contributed by atoms with van der Waals surface area (Å²) in [5.41, 5.74) is 0.953. The van der Waals surface area contributed by atoms with Crippen molar-refractivity contribution in [3.05, 3.63) is 42.0 Å². The molecule has 30 heavy (non-hydrogen) atoms. The van der Waals surface area contributed by atoms with Crippen LogP contribution in [0, 0.1) is 35.5 Å². The van der Waals surface area contributed by atoms with E-state index in [0.29, 0.717) is 11.7 Å². The van der Waals surface area contributed by atoms with E-state index >= 15 is 0 Å². The van der Waals surface area contributed by atoms with Gasteiger partial charge in [-0.2, -0.15) is 0 Å². The second-order valence-corrected chi connectivity index (χ2v) is 9.27. The van der Waals surface area contributed by atoms with Gasteiger partial charge in [0.1, 0.15) is 5.75 Å². The van der Waals surface area contributed by atoms with E-state index in [0.717, 1.165) is 43.1 Å². The normalized spacial score (nSPS) is 26.7. The van der Waals surface area contributed by atoms with E-state index in [4.69, 9.17) is 4.74 Å². The van der Waals surface area contributed by atoms with Crippen LogP contribution in [0.3, 0.4) is 0 Å². The molecule has 0 spiro atoms. The third kappa shape index (κ3) is 7.05. The van der Waals surface area contributed by atoms with Crippen LogP contribution in [-0.2, 0) is 4.79 Å². The molecule has 1 aromatic rings. The van der Waals surface area contributed by atoms with Crippen molar-refractivity contribution in [2.45, 2.75) is 84.5 Å². The van der Waals surface area contributed by atoms with Crippen molar-refractivity contribution in [3.63, 3.8) is 0 Å². The van der Waals surface area contributed by atoms with Crippen LogP contribution in [0.15, 0.2) is 36.4 Å². The highest BCUT2D eigenvalue weighted by Crippen LogP contribution is 2.32. The molecule has 0 heterocycles. The summed E-state index contributed by atoms with van der Waals surface area (Å²) in [5.74, 6) is 9.42. The van der Waals surface area contributed by atoms with E-state index < -0.39 is 0 Å². The van der Waals surface area contributed by atoms with Gasteiger partial charge in [0.2, 0.25) is 0 Å². The van der Waals surface area contributed by atoms with Gasteiger partial charge in [0, 0.05) is 5.56 Å². The SMILES string of the molecule is CCCC1CCC(/C=C/C#Cc2ccc(OC(=O)C3CCC(CC)CC3)cc2)CC1. The molecule has 2 fully saturated rings. The first-order valence-corrected chi connectivity index (χ1v) is 12.2. The topological polar surface area (TPSA) is 26.3 Å². The third-order valence-corrected chi connectivity index (χ3v) is 7.09. The lowest BCUT2D eigenvalue weighted by molar-refractivity contribution is -0.140. The fourth-order valence-corrected chi connectivity index (χ4v) is 5.00. The average molecular weight is 407 g/mol. The molecule has 0 unspecified atom stereocenters. The summed E-state index contributed by atoms with van der Waals surface area (Å²) >= 11 is 0. The van der Waals surface area contributed by atoms with E-state index in [1.165, 1.54) is 44.9 Å². The van der Waals surface area contributed by atoms with Crippen LogP contribution in [0.25, 0.3) is 0 Å². The Balaban J connectivity index is 1.42. The molecule has 2 nitrogen and oxygen atoms in total. The van der Waals surface area contributed by atoms with Crippen molar-refractivity contribution in [2.75, 3.05) is 0 Å². The summed E-state index contributed by atoms with van der Waals surface area (Å²) in [6, 6.07) is 7.59. The molecule has 0 bridgehead atoms. The molecule has 1 aromatic carbocycles. The molecule has 0 amide bonds. The zero-order valence-corrected chi connectivity index (χ0v) is 18.9. The zero-order chi connectivity index (χ0) is 21.2. The summed E-state index contributed by atoms with van der Waals surface area (Å²) in [7, 11) is 0. The summed E-state index contributed by atoms with van der Waals surface area (Å²) in [5, 5.41) is 0. The Morgan fingerprint density at radius 2 is 1.63 bits per heavy atom. The molecule has 0 N–H and O–H groups in total. The number of hydrogen-bond donors (Lipinski definition) is 0. The van der Waals surface area contributed by atoms with Crippen LogP contribution in [0.5, 0.6) is 5.75 Å². The molecule has 2 aliphatic carbocycles. The van der Waals surface area contributed by atoms with E-state index in [1.54, 1.807) is 0 Å². The van der Waals surface area contributed by atoms with Crippen LogP contribution >= 0.6 is 0 Å². The standard InChI is InChI=1S/C28H38O2/c1-3-7-23-10-12-24(13-11-23)8-5-6-9-25-16-20-27(21-17-25)30-28(29)26-18-14-22(4-2)15-19-26/h5,8,16-17,20-24,26H,3-4,7,10-15,18-19H2,1-2H3/b8-5+. The number of benzene rings is 1. The number of rotatable bonds is 6. The van der Waals surface area contributed by atoms with E-state index in [-0.39, 0.29) is 11.9 Å². The molecular formula is C28H38O2. The van der Waals surface area contributed by atoms with Crippen LogP contribution in [0.1, 0.15) is 90.0 Å². The highest BCUT2D eigenvalue weighted by atomic mass is 16.5. The van der Waals surface area contributed by atoms with Gasteiger partial charge < -0.3 is 4.74 Å². The quantitative estimate of drug-likeness (QED) is 0.281. The Morgan fingerprint density at radius 3 is 2.27 bits per heavy atom. The summed E-state index contributed by atoms with van der Waals surface area (Å²) in [4.78, 5) is 12.4. The Bertz CT molecular complexity index is 733. The fraction of sp³-hybridized carbons (Fsp3) is 0.607. The van der Waals surface area contributed by atoms with Gasteiger partial charge in [-0.25, -0.2) is 0 Å². The minimum atomic E-state index is -0.0695. The molecule has 0 saturated heterocycles. The highest BCUT2D eigenvalue weighted by molar-refractivity contribution is 5.75. The van der Waals surface area contributed by atoms with Gasteiger partial charge in [-0.3, -0.25) is 4.79 Å². The fourth-order valence-electron chi connectivity index (χ4n) is 5.00. The Kier molecular flexibility index (Phi) is 9.06. The van der Waals surface area contributed by atoms with Crippen LogP contribution in [0.4, 0.5) is 0 Å². The predicted molar refractivity (Wildman–Crippen MR) is 124 cm³/mol. The first-order valence-electron chi connectivity index (χ1n) is 12.2. The first kappa shape index (κ1) is 22.7. The van der Waals surface area contributed by atoms with Gasteiger partial charge in [-0.15, -0.1) is 0 Å². The highest BCUT2D eigenvalue weighted by Gasteiger charge is 2.27. The number of allylic oxidation sites excluding steroid dienone is 2. The third-order valence-electron chi connectivity index (χ3n) is 7.09. The molecular weight excluding hydrogens is 368 g/mol. The van der Waals surface area contributed by atoms with Crippen LogP contribution in [-0.4, -0.2) is 5.97 Å². The summed E-state index contributed by atoms with van der Waals surface area (Å²) < 4.78 is 5.61. The van der Waals surface area contributed by atoms with Crippen LogP contribution in [0.2, 0.25) is 0 Å². The van der Waals surface area contributed by atoms with Crippen molar-refractivity contribution in [1.29, 1.82) is 0 Å². The molecule has 2 saturated carbocycles. The second-order valence-electron chi connectivity index (χ2n) is 9.27. The van der Waals surface area contributed by atoms with Crippen LogP contribution < -0.4 is 4.74 Å². The zero-order valence-electron chi connectivity index (χ0n) is 18.9. The minimum absolute atomic E-state index is 0.0643. The molecule has 2 heteroatoms. The second kappa shape index (κ2) is 12.0. The predicted octanol–water partition coefficient (Wildman–Crippen LogP) is 7.32. The van der Waals surface area contributed by atoms with Crippen molar-refractivity contribution in [3.8, 4) is 17.6 Å². The maximum atomic E-state index is 12.4. The maximum Gasteiger partial charge on any atom is 0.314 e. The van der Waals surface area contributed by atoms with Crippen molar-refractivity contribution in [1.82, 2.24) is 0 Å². The lowest BCUT2D eigenvalue weighted by atomic mass is 9.80. The van der Waals surface area contributed by atoms with Gasteiger partial charge in [-0.1, -0.05) is 51.0 Å². The van der Waals surface area contributed by atoms with Gasteiger partial charge in [0.25, 0.3) is 0 Å². The maximum absolute atomic E-state index is 12.4. The molecule has 162 valence electrons. The van der Waals surface area contributed by atoms with Gasteiger partial charge >= 0.3 is 5.97 Å². The first-order chi connectivity index (χ1) is 14.7. The summed E-state index contributed by atoms with van der Waals surface area (Å²) in [6.07, 6.45) is 17.8. The molecule has 0 radical (unpaired) electrons. The molecule has 0 aromatic heterocycles. The van der Waals surface area contributed by atoms with Gasteiger partial charge in [-0.05, 0) is 99.5 Å². The van der Waals surface area contributed by atoms with Crippen molar-refractivity contribution in [2.24, 2.45) is 23.7 Å². The van der Waals surface area contributed by atoms with E-state index in [1.807, 2.05) is 30.3 Å². The average Bonchev–Trinajstić information content (AvgIpc) is 2.79. The lowest BCUT2D eigenvalue weighted by Crippen LogP contribution is -2.25. The van der Waals surface area contributed by atoms with E-state index in [9.17, 15) is 4.79 Å². The molecule has 0 atom stereocenters. The number of carbonyl (C=O) groups excluding carboxylic acids is 1. The van der Waals surface area contributed by atoms with Gasteiger partial charge in [0.05, 0.1) is 5.92 Å². The number of ether oxygens (including phenoxy) is 1. The molecule has 2 aliphatic rings. The van der Waals surface area contributed by atoms with Gasteiger partial charge in [0.15, 0.2) is 0 Å². The number of hydrogen-bond acceptors (Lipinski definition) is 2. The molecule has 0 aliphatic heterocycles. The Hall–Kier alpha value is -2.01. The van der Waals surface area contributed by atoms with E-state index in [2.05, 4.69) is 31.8 Å². The Morgan fingerprint density at radius 1 is 0.967 bits per heavy atom. The lowest BCUT2D eigenvalue weighted by Gasteiger charge is -2.26. The minimum Gasteiger partial charge on any atom is -0.426 e. The van der Waals surface area contributed by atoms with Crippen molar-refractivity contribution < 1.29 is 9.53 Å². The van der Waals surface area contributed by atoms with Crippen molar-refractivity contribution >= 4 is 5.97 Å². The largest absolute Gasteiger partial charge is 0.426 e. The number of carbonyl (C=O) groups is 1. The monoisotopic (exact) mass is 406 g/mol. The molecule has 3 rings (SSSR count). The summed E-state index contributed by atoms with van der Waals surface area (Å²) in [6.45, 7) is 4.53.